The molecule has 0 aromatic heterocycles. The minimum absolute atomic E-state index is 0.0252. The molecule has 2 heterocycles. The Bertz CT molecular complexity index is 701. The molecule has 2 N–H and O–H groups in total. The number of amides is 2. The predicted octanol–water partition coefficient (Wildman–Crippen LogP) is 1.08. The number of ether oxygens (including phenoxy) is 1. The number of anilines is 1. The summed E-state index contributed by atoms with van der Waals surface area (Å²) in [6.07, 6.45) is 2.23. The van der Waals surface area contributed by atoms with Gasteiger partial charge in [-0.1, -0.05) is 12.1 Å². The molecule has 0 radical (unpaired) electrons. The van der Waals surface area contributed by atoms with Crippen molar-refractivity contribution in [3.63, 3.8) is 0 Å². The van der Waals surface area contributed by atoms with Crippen LogP contribution in [-0.2, 0) is 20.7 Å². The topological polar surface area (TPSA) is 73.9 Å². The Balaban J connectivity index is 1.76. The summed E-state index contributed by atoms with van der Waals surface area (Å²) in [5.41, 5.74) is 3.82. The summed E-state index contributed by atoms with van der Waals surface area (Å²) < 4.78 is 5.50. The molecule has 0 aliphatic carbocycles. The molecule has 2 aliphatic heterocycles. The van der Waals surface area contributed by atoms with Crippen molar-refractivity contribution in [3.05, 3.63) is 29.3 Å². The number of carbonyl (C=O) groups is 2. The Morgan fingerprint density at radius 1 is 1.14 bits per heavy atom. The van der Waals surface area contributed by atoms with Crippen molar-refractivity contribution in [2.24, 2.45) is 0 Å². The van der Waals surface area contributed by atoms with Gasteiger partial charge in [-0.3, -0.25) is 14.5 Å². The van der Waals surface area contributed by atoms with Gasteiger partial charge in [0, 0.05) is 45.0 Å². The number of nitrogens with zero attached hydrogens (tertiary/aromatic N) is 2. The van der Waals surface area contributed by atoms with Gasteiger partial charge in [0.2, 0.25) is 0 Å². The van der Waals surface area contributed by atoms with E-state index in [9.17, 15) is 9.59 Å². The van der Waals surface area contributed by atoms with E-state index >= 15 is 0 Å². The van der Waals surface area contributed by atoms with Crippen LogP contribution in [0.15, 0.2) is 18.2 Å². The average Bonchev–Trinajstić information content (AvgIpc) is 2.68. The Morgan fingerprint density at radius 3 is 2.61 bits per heavy atom. The molecular formula is C21H32N4O3. The van der Waals surface area contributed by atoms with Gasteiger partial charge in [0.05, 0.1) is 19.3 Å². The summed E-state index contributed by atoms with van der Waals surface area (Å²) in [5.74, 6) is -1.16. The van der Waals surface area contributed by atoms with Gasteiger partial charge in [-0.15, -0.1) is 0 Å². The van der Waals surface area contributed by atoms with E-state index < -0.39 is 11.8 Å². The Labute approximate surface area is 167 Å². The van der Waals surface area contributed by atoms with E-state index in [0.29, 0.717) is 19.8 Å². The number of aryl methyl sites for hydroxylation is 1. The van der Waals surface area contributed by atoms with E-state index in [4.69, 9.17) is 4.74 Å². The van der Waals surface area contributed by atoms with Crippen LogP contribution in [0.2, 0.25) is 0 Å². The van der Waals surface area contributed by atoms with E-state index in [1.807, 2.05) is 13.8 Å². The van der Waals surface area contributed by atoms with E-state index in [2.05, 4.69) is 45.7 Å². The Hall–Kier alpha value is -2.12. The molecule has 0 saturated carbocycles. The summed E-state index contributed by atoms with van der Waals surface area (Å²) in [6.45, 7) is 8.17. The lowest BCUT2D eigenvalue weighted by atomic mass is 9.95. The van der Waals surface area contributed by atoms with Crippen molar-refractivity contribution in [2.45, 2.75) is 38.8 Å². The van der Waals surface area contributed by atoms with Crippen molar-refractivity contribution in [3.8, 4) is 0 Å². The highest BCUT2D eigenvalue weighted by Crippen LogP contribution is 2.30. The monoisotopic (exact) mass is 388 g/mol. The molecule has 7 nitrogen and oxygen atoms in total. The summed E-state index contributed by atoms with van der Waals surface area (Å²) in [7, 11) is 2.13. The average molecular weight is 389 g/mol. The molecule has 1 aromatic carbocycles. The quantitative estimate of drug-likeness (QED) is 0.739. The molecule has 1 saturated heterocycles. The molecule has 3 rings (SSSR count). The summed E-state index contributed by atoms with van der Waals surface area (Å²) in [4.78, 5) is 28.8. The first-order chi connectivity index (χ1) is 13.5. The van der Waals surface area contributed by atoms with Gasteiger partial charge in [0.15, 0.2) is 0 Å². The normalized spacial score (nSPS) is 18.5. The Kier molecular flexibility index (Phi) is 6.91. The molecule has 1 fully saturated rings. The highest BCUT2D eigenvalue weighted by atomic mass is 16.5. The molecule has 0 bridgehead atoms. The first-order valence-corrected chi connectivity index (χ1v) is 10.2. The van der Waals surface area contributed by atoms with Gasteiger partial charge >= 0.3 is 11.8 Å². The molecule has 2 amide bonds. The van der Waals surface area contributed by atoms with Crippen molar-refractivity contribution >= 4 is 17.5 Å². The van der Waals surface area contributed by atoms with Gasteiger partial charge < -0.3 is 20.3 Å². The second-order valence-electron chi connectivity index (χ2n) is 7.92. The molecular weight excluding hydrogens is 356 g/mol. The maximum absolute atomic E-state index is 12.2. The number of carbonyl (C=O) groups excluding carboxylic acids is 2. The van der Waals surface area contributed by atoms with Crippen LogP contribution in [0.5, 0.6) is 0 Å². The van der Waals surface area contributed by atoms with Crippen LogP contribution >= 0.6 is 0 Å². The second kappa shape index (κ2) is 9.39. The first-order valence-electron chi connectivity index (χ1n) is 10.2. The van der Waals surface area contributed by atoms with Crippen molar-refractivity contribution < 1.29 is 14.3 Å². The fourth-order valence-electron chi connectivity index (χ4n) is 3.96. The van der Waals surface area contributed by atoms with Crippen LogP contribution in [0.3, 0.4) is 0 Å². The van der Waals surface area contributed by atoms with Gasteiger partial charge in [0.1, 0.15) is 0 Å². The van der Waals surface area contributed by atoms with Gasteiger partial charge in [0.25, 0.3) is 0 Å². The third-order valence-corrected chi connectivity index (χ3v) is 5.41. The molecule has 1 aromatic rings. The van der Waals surface area contributed by atoms with Crippen LogP contribution in [0.4, 0.5) is 5.69 Å². The number of morpholine rings is 1. The lowest BCUT2D eigenvalue weighted by Crippen LogP contribution is -2.47. The molecule has 0 unspecified atom stereocenters. The number of hydrogen-bond donors (Lipinski definition) is 2. The Morgan fingerprint density at radius 2 is 1.89 bits per heavy atom. The number of benzene rings is 1. The van der Waals surface area contributed by atoms with Crippen LogP contribution < -0.4 is 15.5 Å². The van der Waals surface area contributed by atoms with Crippen molar-refractivity contribution in [1.82, 2.24) is 15.5 Å². The highest BCUT2D eigenvalue weighted by Gasteiger charge is 2.26. The fraction of sp³-hybridized carbons (Fsp3) is 0.619. The maximum atomic E-state index is 12.2. The molecule has 28 heavy (non-hydrogen) atoms. The third kappa shape index (κ3) is 5.02. The lowest BCUT2D eigenvalue weighted by molar-refractivity contribution is -0.139. The minimum Gasteiger partial charge on any atom is -0.379 e. The van der Waals surface area contributed by atoms with Crippen LogP contribution in [-0.4, -0.2) is 69.2 Å². The molecule has 7 heteroatoms. The number of hydrogen-bond acceptors (Lipinski definition) is 5. The zero-order chi connectivity index (χ0) is 20.1. The summed E-state index contributed by atoms with van der Waals surface area (Å²) in [6, 6.07) is 6.57. The molecule has 2 aliphatic rings. The maximum Gasteiger partial charge on any atom is 0.309 e. The largest absolute Gasteiger partial charge is 0.379 e. The molecule has 0 spiro atoms. The van der Waals surface area contributed by atoms with E-state index in [1.165, 1.54) is 16.8 Å². The fourth-order valence-corrected chi connectivity index (χ4v) is 3.96. The number of nitrogens with one attached hydrogen (secondary N) is 2. The van der Waals surface area contributed by atoms with E-state index in [1.54, 1.807) is 0 Å². The van der Waals surface area contributed by atoms with Crippen LogP contribution in [0.25, 0.3) is 0 Å². The highest BCUT2D eigenvalue weighted by molar-refractivity contribution is 6.35. The first kappa shape index (κ1) is 20.6. The van der Waals surface area contributed by atoms with Gasteiger partial charge in [-0.25, -0.2) is 0 Å². The van der Waals surface area contributed by atoms with Crippen LogP contribution in [0, 0.1) is 0 Å². The van der Waals surface area contributed by atoms with Crippen molar-refractivity contribution in [2.75, 3.05) is 51.3 Å². The number of fused-ring (bicyclic) bond motifs is 1. The SMILES string of the molecule is CC(C)NC(=O)C(=O)NC[C@H](c1ccc2c(c1)CCCN2C)N1CCOCC1. The molecule has 154 valence electrons. The number of rotatable bonds is 5. The second-order valence-corrected chi connectivity index (χ2v) is 7.92. The van der Waals surface area contributed by atoms with Crippen molar-refractivity contribution in [1.29, 1.82) is 0 Å². The van der Waals surface area contributed by atoms with E-state index in [-0.39, 0.29) is 12.1 Å². The zero-order valence-corrected chi connectivity index (χ0v) is 17.2. The third-order valence-electron chi connectivity index (χ3n) is 5.41. The lowest BCUT2D eigenvalue weighted by Gasteiger charge is -2.36. The van der Waals surface area contributed by atoms with Crippen LogP contribution in [0.1, 0.15) is 37.4 Å². The summed E-state index contributed by atoms with van der Waals surface area (Å²) in [5, 5.41) is 5.47. The summed E-state index contributed by atoms with van der Waals surface area (Å²) >= 11 is 0. The molecule has 1 atom stereocenters. The smallest absolute Gasteiger partial charge is 0.309 e. The van der Waals surface area contributed by atoms with Gasteiger partial charge in [-0.05, 0) is 43.9 Å². The van der Waals surface area contributed by atoms with Gasteiger partial charge in [-0.2, -0.15) is 0 Å². The van der Waals surface area contributed by atoms with E-state index in [0.717, 1.165) is 32.5 Å². The zero-order valence-electron chi connectivity index (χ0n) is 17.2. The standard InChI is InChI=1S/C21H32N4O3/c1-15(2)23-21(27)20(26)22-14-19(25-9-11-28-12-10-25)17-6-7-18-16(13-17)5-4-8-24(18)3/h6-7,13,15,19H,4-5,8-12,14H2,1-3H3,(H,22,26)(H,23,27)/t19-/m1/s1. The minimum atomic E-state index is -0.581. The predicted molar refractivity (Wildman–Crippen MR) is 109 cm³/mol.